The highest BCUT2D eigenvalue weighted by molar-refractivity contribution is 6.21. The van der Waals surface area contributed by atoms with Gasteiger partial charge in [0.15, 0.2) is 11.6 Å². The third-order valence-corrected chi connectivity index (χ3v) is 5.36. The Morgan fingerprint density at radius 3 is 2.36 bits per heavy atom. The van der Waals surface area contributed by atoms with Crippen LogP contribution >= 0.6 is 0 Å². The molecule has 0 saturated carbocycles. The Labute approximate surface area is 162 Å². The zero-order valence-corrected chi connectivity index (χ0v) is 15.9. The van der Waals surface area contributed by atoms with E-state index in [4.69, 9.17) is 4.52 Å². The van der Waals surface area contributed by atoms with Crippen LogP contribution in [-0.2, 0) is 9.59 Å². The number of carbonyl (C=O) groups excluding carboxylic acids is 3. The van der Waals surface area contributed by atoms with E-state index in [1.165, 1.54) is 0 Å². The Morgan fingerprint density at radius 2 is 1.79 bits per heavy atom. The second kappa shape index (κ2) is 7.20. The molecule has 3 heterocycles. The molecule has 2 aromatic rings. The summed E-state index contributed by atoms with van der Waals surface area (Å²) in [7, 11) is 0. The molecule has 2 aliphatic rings. The fourth-order valence-corrected chi connectivity index (χ4v) is 3.80. The minimum absolute atomic E-state index is 0.0487. The summed E-state index contributed by atoms with van der Waals surface area (Å²) in [4.78, 5) is 42.0. The van der Waals surface area contributed by atoms with Gasteiger partial charge in [-0.25, -0.2) is 4.90 Å². The van der Waals surface area contributed by atoms with Gasteiger partial charge in [-0.2, -0.15) is 0 Å². The number of nitrogens with zero attached hydrogens (tertiary/aromatic N) is 4. The van der Waals surface area contributed by atoms with Gasteiger partial charge < -0.3 is 9.42 Å². The molecular weight excluding hydrogens is 360 g/mol. The number of amides is 2. The smallest absolute Gasteiger partial charge is 0.252 e. The molecule has 8 nitrogen and oxygen atoms in total. The first-order chi connectivity index (χ1) is 13.4. The molecule has 0 bridgehead atoms. The van der Waals surface area contributed by atoms with E-state index in [0.717, 1.165) is 23.7 Å². The van der Waals surface area contributed by atoms with Gasteiger partial charge in [0.1, 0.15) is 5.76 Å². The molecule has 0 N–H and O–H groups in total. The molecule has 4 rings (SSSR count). The summed E-state index contributed by atoms with van der Waals surface area (Å²) in [6, 6.07) is 8.71. The maximum atomic E-state index is 12.8. The second-order valence-corrected chi connectivity index (χ2v) is 7.21. The van der Waals surface area contributed by atoms with Gasteiger partial charge in [-0.3, -0.25) is 19.3 Å². The monoisotopic (exact) mass is 382 g/mol. The molecule has 0 radical (unpaired) electrons. The van der Waals surface area contributed by atoms with E-state index >= 15 is 0 Å². The number of hydrogen-bond donors (Lipinski definition) is 0. The number of benzene rings is 1. The van der Waals surface area contributed by atoms with Crippen LogP contribution < -0.4 is 9.80 Å². The number of aromatic nitrogens is 1. The van der Waals surface area contributed by atoms with Crippen molar-refractivity contribution in [2.45, 2.75) is 26.3 Å². The van der Waals surface area contributed by atoms with E-state index in [2.05, 4.69) is 15.0 Å². The average molecular weight is 382 g/mol. The molecule has 0 spiro atoms. The van der Waals surface area contributed by atoms with Gasteiger partial charge >= 0.3 is 0 Å². The molecule has 2 aliphatic heterocycles. The zero-order valence-electron chi connectivity index (χ0n) is 15.9. The maximum Gasteiger partial charge on any atom is 0.252 e. The topological polar surface area (TPSA) is 87.0 Å². The van der Waals surface area contributed by atoms with Crippen molar-refractivity contribution in [1.29, 1.82) is 0 Å². The van der Waals surface area contributed by atoms with E-state index in [0.29, 0.717) is 24.4 Å². The second-order valence-electron chi connectivity index (χ2n) is 7.21. The Bertz CT molecular complexity index is 913. The molecule has 0 unspecified atom stereocenters. The zero-order chi connectivity index (χ0) is 19.8. The minimum Gasteiger partial charge on any atom is -0.369 e. The van der Waals surface area contributed by atoms with Crippen LogP contribution in [0.25, 0.3) is 0 Å². The summed E-state index contributed by atoms with van der Waals surface area (Å²) in [5.41, 5.74) is 1.75. The predicted molar refractivity (Wildman–Crippen MR) is 102 cm³/mol. The van der Waals surface area contributed by atoms with Crippen molar-refractivity contribution in [1.82, 2.24) is 10.1 Å². The maximum absolute atomic E-state index is 12.8. The third kappa shape index (κ3) is 3.31. The van der Waals surface area contributed by atoms with Gasteiger partial charge in [0.05, 0.1) is 12.5 Å². The lowest BCUT2D eigenvalue weighted by Crippen LogP contribution is -2.52. The lowest BCUT2D eigenvalue weighted by molar-refractivity contribution is -0.123. The van der Waals surface area contributed by atoms with E-state index < -0.39 is 6.04 Å². The lowest BCUT2D eigenvalue weighted by atomic mass is 10.1. The number of rotatable bonds is 4. The molecule has 28 heavy (non-hydrogen) atoms. The molecule has 2 amide bonds. The van der Waals surface area contributed by atoms with Crippen LogP contribution in [0.3, 0.4) is 0 Å². The number of Topliss-reactive ketones (excluding diaryl/α,β-unsaturated/α-hetero) is 1. The Kier molecular flexibility index (Phi) is 4.72. The first kappa shape index (κ1) is 18.4. The van der Waals surface area contributed by atoms with Crippen molar-refractivity contribution in [3.8, 4) is 0 Å². The molecule has 2 saturated heterocycles. The van der Waals surface area contributed by atoms with Gasteiger partial charge in [0.2, 0.25) is 5.91 Å². The minimum atomic E-state index is -0.452. The first-order valence-corrected chi connectivity index (χ1v) is 9.34. The van der Waals surface area contributed by atoms with Crippen molar-refractivity contribution in [2.75, 3.05) is 36.0 Å². The standard InChI is InChI=1S/C20H22N4O4/c1-13-11-18(21-28-13)24-19(26)12-17(20(24)27)23-9-7-22(8-10-23)16-5-3-15(4-6-16)14(2)25/h3-6,11,17H,7-10,12H2,1-2H3/t17-/m0/s1. The van der Waals surface area contributed by atoms with Gasteiger partial charge in [-0.05, 0) is 38.1 Å². The Hall–Kier alpha value is -3.00. The third-order valence-electron chi connectivity index (χ3n) is 5.36. The number of imide groups is 1. The van der Waals surface area contributed by atoms with E-state index in [1.54, 1.807) is 19.9 Å². The summed E-state index contributed by atoms with van der Waals surface area (Å²) < 4.78 is 5.00. The number of piperazine rings is 1. The molecular formula is C20H22N4O4. The van der Waals surface area contributed by atoms with Crippen LogP contribution in [0, 0.1) is 6.92 Å². The van der Waals surface area contributed by atoms with Gasteiger partial charge in [0, 0.05) is 43.5 Å². The Morgan fingerprint density at radius 1 is 1.11 bits per heavy atom. The first-order valence-electron chi connectivity index (χ1n) is 9.34. The molecule has 8 heteroatoms. The predicted octanol–water partition coefficient (Wildman–Crippen LogP) is 1.64. The normalized spacial score (nSPS) is 20.9. The van der Waals surface area contributed by atoms with Crippen molar-refractivity contribution < 1.29 is 18.9 Å². The molecule has 1 aromatic heterocycles. The van der Waals surface area contributed by atoms with Gasteiger partial charge in [-0.15, -0.1) is 0 Å². The highest BCUT2D eigenvalue weighted by atomic mass is 16.5. The number of carbonyl (C=O) groups is 3. The lowest BCUT2D eigenvalue weighted by Gasteiger charge is -2.38. The molecule has 0 aliphatic carbocycles. The van der Waals surface area contributed by atoms with Crippen molar-refractivity contribution in [3.63, 3.8) is 0 Å². The molecule has 2 fully saturated rings. The van der Waals surface area contributed by atoms with Gasteiger partial charge in [0.25, 0.3) is 5.91 Å². The fourth-order valence-electron chi connectivity index (χ4n) is 3.80. The summed E-state index contributed by atoms with van der Waals surface area (Å²) in [6.45, 7) is 6.15. The van der Waals surface area contributed by atoms with E-state index in [-0.39, 0.29) is 29.8 Å². The van der Waals surface area contributed by atoms with Crippen molar-refractivity contribution in [2.24, 2.45) is 0 Å². The van der Waals surface area contributed by atoms with Crippen LogP contribution in [0.4, 0.5) is 11.5 Å². The highest BCUT2D eigenvalue weighted by Gasteiger charge is 2.44. The summed E-state index contributed by atoms with van der Waals surface area (Å²) in [5.74, 6) is 0.387. The number of anilines is 2. The molecule has 1 atom stereocenters. The highest BCUT2D eigenvalue weighted by Crippen LogP contribution is 2.27. The van der Waals surface area contributed by atoms with Crippen LogP contribution in [0.2, 0.25) is 0 Å². The summed E-state index contributed by atoms with van der Waals surface area (Å²) in [6.07, 6.45) is 0.165. The van der Waals surface area contributed by atoms with Crippen LogP contribution in [0.15, 0.2) is 34.9 Å². The van der Waals surface area contributed by atoms with Crippen LogP contribution in [0.1, 0.15) is 29.5 Å². The summed E-state index contributed by atoms with van der Waals surface area (Å²) >= 11 is 0. The van der Waals surface area contributed by atoms with Gasteiger partial charge in [-0.1, -0.05) is 5.16 Å². The van der Waals surface area contributed by atoms with Crippen LogP contribution in [-0.4, -0.2) is 59.9 Å². The summed E-state index contributed by atoms with van der Waals surface area (Å²) in [5, 5.41) is 3.81. The average Bonchev–Trinajstić information content (AvgIpc) is 3.24. The van der Waals surface area contributed by atoms with Crippen molar-refractivity contribution >= 4 is 29.1 Å². The number of ketones is 1. The molecule has 1 aromatic carbocycles. The molecule has 146 valence electrons. The largest absolute Gasteiger partial charge is 0.369 e. The van der Waals surface area contributed by atoms with Crippen molar-refractivity contribution in [3.05, 3.63) is 41.7 Å². The Balaban J connectivity index is 1.40. The van der Waals surface area contributed by atoms with E-state index in [9.17, 15) is 14.4 Å². The quantitative estimate of drug-likeness (QED) is 0.587. The SMILES string of the molecule is CC(=O)c1ccc(N2CCN([C@H]3CC(=O)N(c4cc(C)on4)C3=O)CC2)cc1. The number of hydrogen-bond acceptors (Lipinski definition) is 7. The number of aryl methyl sites for hydroxylation is 1. The van der Waals surface area contributed by atoms with Crippen LogP contribution in [0.5, 0.6) is 0 Å². The fraction of sp³-hybridized carbons (Fsp3) is 0.400. The van der Waals surface area contributed by atoms with E-state index in [1.807, 2.05) is 24.3 Å².